The van der Waals surface area contributed by atoms with E-state index in [1.54, 1.807) is 0 Å². The van der Waals surface area contributed by atoms with Crippen molar-refractivity contribution < 1.29 is 11.3 Å². The first-order chi connectivity index (χ1) is 22.0. The second-order valence-corrected chi connectivity index (χ2v) is 10.8. The van der Waals surface area contributed by atoms with Gasteiger partial charge >= 0.3 is 0 Å². The van der Waals surface area contributed by atoms with Crippen LogP contribution in [-0.4, -0.2) is 6.71 Å². The average molecular weight is 519 g/mol. The fraction of sp³-hybridized carbons (Fsp3) is 0.111. The summed E-state index contributed by atoms with van der Waals surface area (Å²) in [6.45, 7) is -0.258. The van der Waals surface area contributed by atoms with Gasteiger partial charge in [0.05, 0.1) is 18.2 Å². The standard InChI is InChI=1S/C36H27BN2O/c1-2-14-25(15-3-1)38-30-19-8-7-18-28(30)37-34-31(38)21-11-22-32(34)39(29-20-10-13-24-12-4-5-16-26(24)29)35-27-17-6-9-23-33(27)40-36(35)37/h1-3,6-11,13-15,17-23H,4-5,12,16H2/i1D,2D,3D,14D,15D. The molecule has 40 heavy (non-hydrogen) atoms. The predicted octanol–water partition coefficient (Wildman–Crippen LogP) is 7.39. The number of anilines is 6. The molecule has 0 spiro atoms. The monoisotopic (exact) mass is 519 g/mol. The van der Waals surface area contributed by atoms with E-state index in [1.807, 2.05) is 47.4 Å². The number of para-hydroxylation sites is 3. The molecule has 2 aliphatic heterocycles. The van der Waals surface area contributed by atoms with Crippen LogP contribution in [0.1, 0.15) is 30.8 Å². The fourth-order valence-electron chi connectivity index (χ4n) is 7.13. The molecule has 9 rings (SSSR count). The first-order valence-corrected chi connectivity index (χ1v) is 14.0. The van der Waals surface area contributed by atoms with E-state index in [0.29, 0.717) is 0 Å². The highest BCUT2D eigenvalue weighted by atomic mass is 16.3. The summed E-state index contributed by atoms with van der Waals surface area (Å²) >= 11 is 0. The summed E-state index contributed by atoms with van der Waals surface area (Å²) in [6, 6.07) is 27.3. The van der Waals surface area contributed by atoms with E-state index in [0.717, 1.165) is 75.3 Å². The van der Waals surface area contributed by atoms with Crippen molar-refractivity contribution in [2.45, 2.75) is 25.7 Å². The molecule has 3 aliphatic rings. The highest BCUT2D eigenvalue weighted by Crippen LogP contribution is 2.47. The van der Waals surface area contributed by atoms with Crippen LogP contribution in [0.4, 0.5) is 34.1 Å². The third-order valence-corrected chi connectivity index (χ3v) is 8.72. The summed E-state index contributed by atoms with van der Waals surface area (Å²) in [6.07, 6.45) is 4.39. The number of hydrogen-bond acceptors (Lipinski definition) is 3. The average Bonchev–Trinajstić information content (AvgIpc) is 3.46. The van der Waals surface area contributed by atoms with Crippen LogP contribution in [0.25, 0.3) is 11.0 Å². The Morgan fingerprint density at radius 1 is 0.675 bits per heavy atom. The molecule has 1 aromatic heterocycles. The Kier molecular flexibility index (Phi) is 3.74. The van der Waals surface area contributed by atoms with Crippen LogP contribution >= 0.6 is 0 Å². The molecule has 0 N–H and O–H groups in total. The van der Waals surface area contributed by atoms with Crippen molar-refractivity contribution in [2.24, 2.45) is 0 Å². The molecule has 0 fully saturated rings. The first kappa shape index (κ1) is 17.8. The van der Waals surface area contributed by atoms with E-state index in [-0.39, 0.29) is 36.6 Å². The number of benzene rings is 5. The molecule has 6 aromatic rings. The topological polar surface area (TPSA) is 19.6 Å². The van der Waals surface area contributed by atoms with Gasteiger partial charge in [-0.3, -0.25) is 0 Å². The summed E-state index contributed by atoms with van der Waals surface area (Å²) in [5.41, 5.74) is 11.2. The minimum atomic E-state index is -0.404. The van der Waals surface area contributed by atoms with Gasteiger partial charge in [0.15, 0.2) is 0 Å². The van der Waals surface area contributed by atoms with Crippen LogP contribution in [0.3, 0.4) is 0 Å². The smallest absolute Gasteiger partial charge is 0.297 e. The highest BCUT2D eigenvalue weighted by molar-refractivity contribution is 6.99. The second-order valence-electron chi connectivity index (χ2n) is 10.8. The Labute approximate surface area is 241 Å². The van der Waals surface area contributed by atoms with Crippen LogP contribution < -0.4 is 26.4 Å². The zero-order valence-corrected chi connectivity index (χ0v) is 21.8. The van der Waals surface area contributed by atoms with Gasteiger partial charge in [0, 0.05) is 33.8 Å². The van der Waals surface area contributed by atoms with Gasteiger partial charge in [-0.25, -0.2) is 0 Å². The number of rotatable bonds is 2. The van der Waals surface area contributed by atoms with Gasteiger partial charge in [0.2, 0.25) is 0 Å². The molecule has 5 aromatic carbocycles. The zero-order chi connectivity index (χ0) is 30.6. The molecule has 0 bridgehead atoms. The Balaban J connectivity index is 1.41. The molecule has 1 aliphatic carbocycles. The maximum absolute atomic E-state index is 8.94. The van der Waals surface area contributed by atoms with Gasteiger partial charge in [-0.2, -0.15) is 0 Å². The van der Waals surface area contributed by atoms with Crippen molar-refractivity contribution in [1.82, 2.24) is 0 Å². The number of fused-ring (bicyclic) bond motifs is 7. The number of nitrogens with zero attached hydrogens (tertiary/aromatic N) is 2. The van der Waals surface area contributed by atoms with Gasteiger partial charge in [-0.1, -0.05) is 66.7 Å². The Morgan fingerprint density at radius 3 is 2.33 bits per heavy atom. The molecule has 0 amide bonds. The zero-order valence-electron chi connectivity index (χ0n) is 26.8. The second kappa shape index (κ2) is 8.40. The molecule has 3 nitrogen and oxygen atoms in total. The lowest BCUT2D eigenvalue weighted by atomic mass is 9.35. The Morgan fingerprint density at radius 2 is 1.40 bits per heavy atom. The van der Waals surface area contributed by atoms with Crippen LogP contribution in [0.15, 0.2) is 120 Å². The molecule has 0 atom stereocenters. The van der Waals surface area contributed by atoms with Gasteiger partial charge in [0.25, 0.3) is 6.71 Å². The van der Waals surface area contributed by atoms with Crippen LogP contribution in [0.5, 0.6) is 0 Å². The number of hydrogen-bond donors (Lipinski definition) is 0. The van der Waals surface area contributed by atoms with Gasteiger partial charge in [0.1, 0.15) is 5.58 Å². The van der Waals surface area contributed by atoms with Gasteiger partial charge < -0.3 is 14.2 Å². The molecular formula is C36H27BN2O. The molecule has 0 radical (unpaired) electrons. The van der Waals surface area contributed by atoms with E-state index in [9.17, 15) is 0 Å². The third kappa shape index (κ3) is 2.96. The van der Waals surface area contributed by atoms with Crippen molar-refractivity contribution >= 4 is 68.4 Å². The predicted molar refractivity (Wildman–Crippen MR) is 167 cm³/mol. The maximum atomic E-state index is 8.94. The lowest BCUT2D eigenvalue weighted by Crippen LogP contribution is -2.61. The van der Waals surface area contributed by atoms with Crippen molar-refractivity contribution in [3.05, 3.63) is 126 Å². The summed E-state index contributed by atoms with van der Waals surface area (Å²) in [7, 11) is 0. The van der Waals surface area contributed by atoms with Crippen molar-refractivity contribution in [3.63, 3.8) is 0 Å². The highest BCUT2D eigenvalue weighted by Gasteiger charge is 2.46. The van der Waals surface area contributed by atoms with E-state index in [2.05, 4.69) is 47.4 Å². The lowest BCUT2D eigenvalue weighted by molar-refractivity contribution is 0.651. The summed E-state index contributed by atoms with van der Waals surface area (Å²) < 4.78 is 49.9. The number of aryl methyl sites for hydroxylation is 1. The SMILES string of the molecule is [2H]c1c([2H])c([2H])c(N2c3ccccc3B3c4oc5ccccc5c4N(c4cccc5c4CCCC5)c4cccc2c43)c([2H])c1[2H]. The molecule has 0 saturated carbocycles. The minimum Gasteiger partial charge on any atom is -0.468 e. The largest absolute Gasteiger partial charge is 0.468 e. The fourth-order valence-corrected chi connectivity index (χ4v) is 7.13. The molecule has 0 saturated heterocycles. The molecule has 3 heterocycles. The molecule has 0 unspecified atom stereocenters. The summed E-state index contributed by atoms with van der Waals surface area (Å²) in [4.78, 5) is 4.21. The summed E-state index contributed by atoms with van der Waals surface area (Å²) in [5.74, 6) is 0. The molecule has 190 valence electrons. The van der Waals surface area contributed by atoms with E-state index < -0.39 is 6.04 Å². The maximum Gasteiger partial charge on any atom is 0.297 e. The van der Waals surface area contributed by atoms with Gasteiger partial charge in [-0.05, 0) is 96.2 Å². The normalized spacial score (nSPS) is 16.7. The Bertz CT molecular complexity index is 2200. The molecule has 4 heteroatoms. The third-order valence-electron chi connectivity index (χ3n) is 8.72. The number of furan rings is 1. The van der Waals surface area contributed by atoms with Crippen molar-refractivity contribution in [3.8, 4) is 0 Å². The Hall–Kier alpha value is -4.70. The van der Waals surface area contributed by atoms with Crippen LogP contribution in [-0.2, 0) is 12.8 Å². The van der Waals surface area contributed by atoms with E-state index in [1.165, 1.54) is 17.5 Å². The van der Waals surface area contributed by atoms with Crippen molar-refractivity contribution in [2.75, 3.05) is 9.80 Å². The van der Waals surface area contributed by atoms with Crippen LogP contribution in [0.2, 0.25) is 0 Å². The summed E-state index contributed by atoms with van der Waals surface area (Å²) in [5, 5.41) is 1.04. The quantitative estimate of drug-likeness (QED) is 0.222. The van der Waals surface area contributed by atoms with E-state index in [4.69, 9.17) is 11.3 Å². The van der Waals surface area contributed by atoms with Crippen LogP contribution in [0, 0.1) is 0 Å². The molecular weight excluding hydrogens is 487 g/mol. The van der Waals surface area contributed by atoms with Crippen molar-refractivity contribution in [1.29, 1.82) is 0 Å². The van der Waals surface area contributed by atoms with Gasteiger partial charge in [-0.15, -0.1) is 0 Å². The lowest BCUT2D eigenvalue weighted by Gasteiger charge is -2.42. The minimum absolute atomic E-state index is 0.138. The first-order valence-electron chi connectivity index (χ1n) is 16.5. The van der Waals surface area contributed by atoms with E-state index >= 15 is 0 Å².